The molecule has 0 aromatic carbocycles. The first-order chi connectivity index (χ1) is 9.77. The van der Waals surface area contributed by atoms with Crippen molar-refractivity contribution >= 4 is 27.6 Å². The molecule has 0 bridgehead atoms. The summed E-state index contributed by atoms with van der Waals surface area (Å²) in [4.78, 5) is 15.3. The number of ether oxygens (including phenoxy) is 1. The predicted molar refractivity (Wildman–Crippen MR) is 73.2 cm³/mol. The van der Waals surface area contributed by atoms with Crippen LogP contribution >= 0.6 is 11.6 Å². The maximum Gasteiger partial charge on any atom is 0.324 e. The van der Waals surface area contributed by atoms with Gasteiger partial charge in [-0.15, -0.1) is 0 Å². The van der Waals surface area contributed by atoms with Gasteiger partial charge in [0.2, 0.25) is 10.0 Å². The van der Waals surface area contributed by atoms with E-state index in [9.17, 15) is 17.6 Å². The molecule has 0 saturated carbocycles. The highest BCUT2D eigenvalue weighted by Crippen LogP contribution is 2.31. The Labute approximate surface area is 126 Å². The first-order valence-electron chi connectivity index (χ1n) is 6.14. The normalized spacial score (nSPS) is 23.2. The molecule has 2 rings (SSSR count). The average Bonchev–Trinajstić information content (AvgIpc) is 2.80. The third kappa shape index (κ3) is 3.02. The largest absolute Gasteiger partial charge is 0.468 e. The molecule has 1 aliphatic heterocycles. The third-order valence-electron chi connectivity index (χ3n) is 3.22. The maximum atomic E-state index is 13.6. The molecule has 1 aromatic heterocycles. The number of carbonyl (C=O) groups excluding carboxylic acids is 1. The van der Waals surface area contributed by atoms with Crippen LogP contribution in [0.4, 0.5) is 4.39 Å². The predicted octanol–water partition coefficient (Wildman–Crippen LogP) is 1.32. The number of nitrogens with zero attached hydrogens (tertiary/aromatic N) is 2. The fourth-order valence-electron chi connectivity index (χ4n) is 2.20. The van der Waals surface area contributed by atoms with Gasteiger partial charge in [0.05, 0.1) is 7.11 Å². The van der Waals surface area contributed by atoms with Crippen molar-refractivity contribution in [3.8, 4) is 0 Å². The SMILES string of the molecule is COC(=O)[C@@H]1C[C@H](F)CN1S(=O)(=O)c1ccc(C)nc1Cl. The van der Waals surface area contributed by atoms with Gasteiger partial charge in [-0.05, 0) is 19.1 Å². The average molecular weight is 337 g/mol. The molecule has 0 amide bonds. The van der Waals surface area contributed by atoms with Crippen LogP contribution in [0.15, 0.2) is 17.0 Å². The Hall–Kier alpha value is -1.25. The van der Waals surface area contributed by atoms with Gasteiger partial charge in [-0.25, -0.2) is 17.8 Å². The van der Waals surface area contributed by atoms with Gasteiger partial charge in [-0.1, -0.05) is 11.6 Å². The van der Waals surface area contributed by atoms with Gasteiger partial charge in [-0.3, -0.25) is 4.79 Å². The standard InChI is InChI=1S/C12H14ClFN2O4S/c1-7-3-4-10(11(13)15-7)21(18,19)16-6-8(14)5-9(16)12(17)20-2/h3-4,8-9H,5-6H2,1-2H3/t8-,9-/m0/s1. The lowest BCUT2D eigenvalue weighted by atomic mass is 10.2. The lowest BCUT2D eigenvalue weighted by molar-refractivity contribution is -0.144. The van der Waals surface area contributed by atoms with Crippen LogP contribution in [0.5, 0.6) is 0 Å². The van der Waals surface area contributed by atoms with Crippen LogP contribution in [0.1, 0.15) is 12.1 Å². The van der Waals surface area contributed by atoms with Gasteiger partial charge in [0.1, 0.15) is 22.3 Å². The number of halogens is 2. The highest BCUT2D eigenvalue weighted by molar-refractivity contribution is 7.89. The minimum Gasteiger partial charge on any atom is -0.468 e. The van der Waals surface area contributed by atoms with Crippen molar-refractivity contribution in [2.75, 3.05) is 13.7 Å². The smallest absolute Gasteiger partial charge is 0.324 e. The Morgan fingerprint density at radius 3 is 2.76 bits per heavy atom. The molecule has 1 aromatic rings. The molecule has 1 saturated heterocycles. The number of hydrogen-bond donors (Lipinski definition) is 0. The van der Waals surface area contributed by atoms with Crippen molar-refractivity contribution < 1.29 is 22.3 Å². The minimum absolute atomic E-state index is 0.207. The van der Waals surface area contributed by atoms with E-state index >= 15 is 0 Å². The summed E-state index contributed by atoms with van der Waals surface area (Å²) in [6.45, 7) is 1.25. The number of esters is 1. The number of aryl methyl sites for hydroxylation is 1. The van der Waals surface area contributed by atoms with E-state index < -0.39 is 34.8 Å². The molecular formula is C12H14ClFN2O4S. The summed E-state index contributed by atoms with van der Waals surface area (Å²) in [6.07, 6.45) is -1.66. The molecule has 2 atom stereocenters. The monoisotopic (exact) mass is 336 g/mol. The molecule has 1 aliphatic rings. The maximum absolute atomic E-state index is 13.6. The Morgan fingerprint density at radius 2 is 2.19 bits per heavy atom. The van der Waals surface area contributed by atoms with Crippen molar-refractivity contribution in [1.29, 1.82) is 0 Å². The van der Waals surface area contributed by atoms with Crippen molar-refractivity contribution in [3.05, 3.63) is 23.0 Å². The summed E-state index contributed by atoms with van der Waals surface area (Å²) in [5.41, 5.74) is 0.549. The molecular weight excluding hydrogens is 323 g/mol. The number of sulfonamides is 1. The van der Waals surface area contributed by atoms with Crippen LogP contribution in [0.2, 0.25) is 5.15 Å². The van der Waals surface area contributed by atoms with Crippen LogP contribution in [-0.2, 0) is 19.6 Å². The summed E-state index contributed by atoms with van der Waals surface area (Å²) in [5, 5.41) is -0.207. The van der Waals surface area contributed by atoms with Gasteiger partial charge in [0.25, 0.3) is 0 Å². The molecule has 21 heavy (non-hydrogen) atoms. The van der Waals surface area contributed by atoms with Gasteiger partial charge < -0.3 is 4.74 Å². The van der Waals surface area contributed by atoms with E-state index in [2.05, 4.69) is 9.72 Å². The topological polar surface area (TPSA) is 76.6 Å². The van der Waals surface area contributed by atoms with Crippen molar-refractivity contribution in [2.45, 2.75) is 30.5 Å². The Bertz CT molecular complexity index is 667. The van der Waals surface area contributed by atoms with Crippen molar-refractivity contribution in [1.82, 2.24) is 9.29 Å². The fraction of sp³-hybridized carbons (Fsp3) is 0.500. The zero-order valence-electron chi connectivity index (χ0n) is 11.4. The number of hydrogen-bond acceptors (Lipinski definition) is 5. The molecule has 0 spiro atoms. The number of alkyl halides is 1. The molecule has 0 aliphatic carbocycles. The quantitative estimate of drug-likeness (QED) is 0.614. The number of carbonyl (C=O) groups is 1. The molecule has 0 radical (unpaired) electrons. The van der Waals surface area contributed by atoms with Gasteiger partial charge in [0, 0.05) is 18.7 Å². The number of aromatic nitrogens is 1. The van der Waals surface area contributed by atoms with E-state index in [4.69, 9.17) is 11.6 Å². The summed E-state index contributed by atoms with van der Waals surface area (Å²) >= 11 is 5.86. The molecule has 2 heterocycles. The zero-order valence-corrected chi connectivity index (χ0v) is 13.0. The molecule has 0 N–H and O–H groups in total. The van der Waals surface area contributed by atoms with E-state index in [1.165, 1.54) is 12.1 Å². The number of methoxy groups -OCH3 is 1. The van der Waals surface area contributed by atoms with Crippen LogP contribution in [0.3, 0.4) is 0 Å². The van der Waals surface area contributed by atoms with Crippen LogP contribution < -0.4 is 0 Å². The Kier molecular flexibility index (Phi) is 4.50. The highest BCUT2D eigenvalue weighted by atomic mass is 35.5. The summed E-state index contributed by atoms with van der Waals surface area (Å²) in [5.74, 6) is -0.796. The van der Waals surface area contributed by atoms with Crippen LogP contribution in [0.25, 0.3) is 0 Å². The fourth-order valence-corrected chi connectivity index (χ4v) is 4.31. The van der Waals surface area contributed by atoms with Crippen molar-refractivity contribution in [3.63, 3.8) is 0 Å². The highest BCUT2D eigenvalue weighted by Gasteiger charge is 2.45. The zero-order chi connectivity index (χ0) is 15.8. The van der Waals surface area contributed by atoms with Gasteiger partial charge >= 0.3 is 5.97 Å². The van der Waals surface area contributed by atoms with E-state index in [-0.39, 0.29) is 16.5 Å². The van der Waals surface area contributed by atoms with Crippen LogP contribution in [-0.4, -0.2) is 49.5 Å². The van der Waals surface area contributed by atoms with Crippen LogP contribution in [0, 0.1) is 6.92 Å². The number of rotatable bonds is 3. The summed E-state index contributed by atoms with van der Waals surface area (Å²) < 4.78 is 44.0. The molecule has 6 nitrogen and oxygen atoms in total. The lowest BCUT2D eigenvalue weighted by Gasteiger charge is -2.22. The molecule has 1 fully saturated rings. The third-order valence-corrected chi connectivity index (χ3v) is 5.52. The first kappa shape index (κ1) is 16.1. The summed E-state index contributed by atoms with van der Waals surface area (Å²) in [7, 11) is -3.00. The second kappa shape index (κ2) is 5.86. The van der Waals surface area contributed by atoms with Gasteiger partial charge in [-0.2, -0.15) is 4.31 Å². The van der Waals surface area contributed by atoms with E-state index in [0.717, 1.165) is 11.4 Å². The molecule has 9 heteroatoms. The van der Waals surface area contributed by atoms with E-state index in [0.29, 0.717) is 5.69 Å². The minimum atomic E-state index is -4.13. The molecule has 0 unspecified atom stereocenters. The number of pyridine rings is 1. The van der Waals surface area contributed by atoms with Gasteiger partial charge in [0.15, 0.2) is 0 Å². The van der Waals surface area contributed by atoms with E-state index in [1.54, 1.807) is 6.92 Å². The second-order valence-electron chi connectivity index (χ2n) is 4.69. The lowest BCUT2D eigenvalue weighted by Crippen LogP contribution is -2.41. The first-order valence-corrected chi connectivity index (χ1v) is 7.96. The second-order valence-corrected chi connectivity index (χ2v) is 6.91. The Morgan fingerprint density at radius 1 is 1.52 bits per heavy atom. The van der Waals surface area contributed by atoms with Crippen molar-refractivity contribution in [2.24, 2.45) is 0 Å². The summed E-state index contributed by atoms with van der Waals surface area (Å²) in [6, 6.07) is 1.59. The Balaban J connectivity index is 2.44. The van der Waals surface area contributed by atoms with E-state index in [1.807, 2.05) is 0 Å². The molecule has 116 valence electrons.